The second kappa shape index (κ2) is 11.2. The first-order valence-corrected chi connectivity index (χ1v) is 15.1. The van der Waals surface area contributed by atoms with Gasteiger partial charge in [-0.05, 0) is 84.0 Å². The summed E-state index contributed by atoms with van der Waals surface area (Å²) in [5, 5.41) is 13.5. The molecular formula is C42H30N2. The van der Waals surface area contributed by atoms with Gasteiger partial charge in [0.2, 0.25) is 0 Å². The molecule has 1 unspecified atom stereocenters. The minimum Gasteiger partial charge on any atom is -0.360 e. The number of hydrogen-bond donors (Lipinski definition) is 1. The zero-order valence-corrected chi connectivity index (χ0v) is 24.2. The van der Waals surface area contributed by atoms with Crippen molar-refractivity contribution >= 4 is 55.0 Å². The van der Waals surface area contributed by atoms with Crippen molar-refractivity contribution in [2.75, 3.05) is 5.32 Å². The molecule has 8 aromatic carbocycles. The molecule has 0 aliphatic heterocycles. The molecule has 0 radical (unpaired) electrons. The fourth-order valence-corrected chi connectivity index (χ4v) is 6.27. The third-order valence-electron chi connectivity index (χ3n) is 8.55. The lowest BCUT2D eigenvalue weighted by atomic mass is 9.94. The van der Waals surface area contributed by atoms with Gasteiger partial charge in [0.25, 0.3) is 0 Å². The van der Waals surface area contributed by atoms with E-state index in [0.29, 0.717) is 0 Å². The van der Waals surface area contributed by atoms with Crippen molar-refractivity contribution in [2.45, 2.75) is 6.17 Å². The van der Waals surface area contributed by atoms with Crippen LogP contribution >= 0.6 is 0 Å². The summed E-state index contributed by atoms with van der Waals surface area (Å²) in [6.07, 6.45) is 1.80. The van der Waals surface area contributed by atoms with Crippen LogP contribution in [-0.4, -0.2) is 6.21 Å². The van der Waals surface area contributed by atoms with Crippen molar-refractivity contribution in [2.24, 2.45) is 4.99 Å². The lowest BCUT2D eigenvalue weighted by Crippen LogP contribution is -2.09. The number of para-hydroxylation sites is 1. The van der Waals surface area contributed by atoms with Crippen molar-refractivity contribution in [1.82, 2.24) is 0 Å². The first-order chi connectivity index (χ1) is 21.8. The highest BCUT2D eigenvalue weighted by molar-refractivity contribution is 6.20. The molecule has 0 spiro atoms. The predicted octanol–water partition coefficient (Wildman–Crippen LogP) is 11.2. The van der Waals surface area contributed by atoms with Crippen LogP contribution in [0.3, 0.4) is 0 Å². The zero-order chi connectivity index (χ0) is 29.3. The lowest BCUT2D eigenvalue weighted by Gasteiger charge is -2.18. The molecule has 0 saturated carbocycles. The Balaban J connectivity index is 1.22. The summed E-state index contributed by atoms with van der Waals surface area (Å²) in [6.45, 7) is 0. The molecule has 1 N–H and O–H groups in total. The van der Waals surface area contributed by atoms with Gasteiger partial charge in [0, 0.05) is 17.5 Å². The van der Waals surface area contributed by atoms with E-state index in [9.17, 15) is 0 Å². The van der Waals surface area contributed by atoms with Crippen molar-refractivity contribution in [3.63, 3.8) is 0 Å². The van der Waals surface area contributed by atoms with E-state index in [1.54, 1.807) is 0 Å². The maximum absolute atomic E-state index is 5.25. The molecule has 0 bridgehead atoms. The monoisotopic (exact) mass is 562 g/mol. The number of hydrogen-bond acceptors (Lipinski definition) is 2. The quantitative estimate of drug-likeness (QED) is 0.122. The number of aliphatic imine (C=N–C) groups is 1. The fourth-order valence-electron chi connectivity index (χ4n) is 6.27. The summed E-state index contributed by atoms with van der Waals surface area (Å²) in [7, 11) is 0. The molecule has 0 saturated heterocycles. The average Bonchev–Trinajstić information content (AvgIpc) is 3.10. The molecule has 2 heteroatoms. The Morgan fingerprint density at radius 2 is 1.07 bits per heavy atom. The summed E-state index contributed by atoms with van der Waals surface area (Å²) in [6, 6.07) is 58.2. The van der Waals surface area contributed by atoms with E-state index in [4.69, 9.17) is 4.99 Å². The van der Waals surface area contributed by atoms with Crippen molar-refractivity contribution in [3.05, 3.63) is 175 Å². The Labute approximate surface area is 257 Å². The molecule has 2 nitrogen and oxygen atoms in total. The largest absolute Gasteiger partial charge is 0.360 e. The molecule has 0 aromatic heterocycles. The van der Waals surface area contributed by atoms with E-state index in [0.717, 1.165) is 16.8 Å². The zero-order valence-electron chi connectivity index (χ0n) is 24.2. The van der Waals surface area contributed by atoms with Crippen LogP contribution in [0.2, 0.25) is 0 Å². The molecule has 8 aromatic rings. The molecule has 0 heterocycles. The van der Waals surface area contributed by atoms with Crippen molar-refractivity contribution < 1.29 is 0 Å². The molecular weight excluding hydrogens is 532 g/mol. The second-order valence-electron chi connectivity index (χ2n) is 11.3. The third-order valence-corrected chi connectivity index (χ3v) is 8.55. The number of fused-ring (bicyclic) bond motifs is 5. The van der Waals surface area contributed by atoms with Crippen molar-refractivity contribution in [3.8, 4) is 11.1 Å². The summed E-state index contributed by atoms with van der Waals surface area (Å²) in [5.74, 6) is 0. The van der Waals surface area contributed by atoms with Crippen LogP contribution in [0.5, 0.6) is 0 Å². The fraction of sp³-hybridized carbons (Fsp3) is 0.0238. The van der Waals surface area contributed by atoms with Crippen LogP contribution in [0.25, 0.3) is 54.2 Å². The van der Waals surface area contributed by atoms with Crippen LogP contribution in [0.1, 0.15) is 17.3 Å². The summed E-state index contributed by atoms with van der Waals surface area (Å²) < 4.78 is 0. The second-order valence-corrected chi connectivity index (χ2v) is 11.3. The highest BCUT2D eigenvalue weighted by Gasteiger charge is 2.13. The molecule has 0 fully saturated rings. The highest BCUT2D eigenvalue weighted by Crippen LogP contribution is 2.34. The maximum Gasteiger partial charge on any atom is 0.144 e. The average molecular weight is 563 g/mol. The predicted molar refractivity (Wildman–Crippen MR) is 189 cm³/mol. The van der Waals surface area contributed by atoms with Crippen LogP contribution in [0, 0.1) is 0 Å². The van der Waals surface area contributed by atoms with Crippen LogP contribution < -0.4 is 5.32 Å². The lowest BCUT2D eigenvalue weighted by molar-refractivity contribution is 0.843. The van der Waals surface area contributed by atoms with Crippen LogP contribution in [0.4, 0.5) is 5.69 Å². The minimum atomic E-state index is -0.266. The Hall–Kier alpha value is -5.73. The molecule has 0 aliphatic rings. The van der Waals surface area contributed by atoms with Gasteiger partial charge in [-0.2, -0.15) is 0 Å². The Kier molecular flexibility index (Phi) is 6.58. The molecule has 8 rings (SSSR count). The van der Waals surface area contributed by atoms with Crippen LogP contribution in [-0.2, 0) is 0 Å². The molecule has 1 atom stereocenters. The molecule has 44 heavy (non-hydrogen) atoms. The van der Waals surface area contributed by atoms with E-state index >= 15 is 0 Å². The van der Waals surface area contributed by atoms with Gasteiger partial charge < -0.3 is 5.32 Å². The normalized spacial score (nSPS) is 12.4. The Morgan fingerprint density at radius 3 is 1.89 bits per heavy atom. The van der Waals surface area contributed by atoms with Gasteiger partial charge in [0.05, 0.1) is 0 Å². The van der Waals surface area contributed by atoms with E-state index in [1.807, 2.05) is 6.07 Å². The Bertz CT molecular complexity index is 2300. The van der Waals surface area contributed by atoms with E-state index in [2.05, 4.69) is 169 Å². The first kappa shape index (κ1) is 25.9. The molecule has 0 aliphatic carbocycles. The van der Waals surface area contributed by atoms with Gasteiger partial charge in [-0.3, -0.25) is 4.99 Å². The SMILES string of the molecule is C(=N\C(Nc1ccccc1)c1ccc(-c2ccc3ccccc3c2)cc1)/c1c2ccccc2cc2c1ccc1ccccc12. The first-order valence-electron chi connectivity index (χ1n) is 15.1. The number of benzene rings is 8. The number of nitrogens with one attached hydrogen (secondary N) is 1. The van der Waals surface area contributed by atoms with Gasteiger partial charge in [0.1, 0.15) is 6.17 Å². The number of anilines is 1. The minimum absolute atomic E-state index is 0.266. The van der Waals surface area contributed by atoms with E-state index in [-0.39, 0.29) is 6.17 Å². The van der Waals surface area contributed by atoms with E-state index in [1.165, 1.54) is 54.2 Å². The maximum atomic E-state index is 5.25. The number of nitrogens with zero attached hydrogens (tertiary/aromatic N) is 1. The van der Waals surface area contributed by atoms with Gasteiger partial charge in [0.15, 0.2) is 0 Å². The van der Waals surface area contributed by atoms with Gasteiger partial charge >= 0.3 is 0 Å². The molecule has 208 valence electrons. The molecule has 0 amide bonds. The third kappa shape index (κ3) is 4.87. The smallest absolute Gasteiger partial charge is 0.144 e. The highest BCUT2D eigenvalue weighted by atomic mass is 15.1. The summed E-state index contributed by atoms with van der Waals surface area (Å²) in [5.41, 5.74) is 5.66. The van der Waals surface area contributed by atoms with Gasteiger partial charge in [-0.1, -0.05) is 140 Å². The van der Waals surface area contributed by atoms with Crippen LogP contribution in [0.15, 0.2) is 169 Å². The Morgan fingerprint density at radius 1 is 0.432 bits per heavy atom. The van der Waals surface area contributed by atoms with E-state index < -0.39 is 0 Å². The van der Waals surface area contributed by atoms with Gasteiger partial charge in [-0.15, -0.1) is 0 Å². The summed E-state index contributed by atoms with van der Waals surface area (Å²) in [4.78, 5) is 5.25. The number of rotatable bonds is 6. The summed E-state index contributed by atoms with van der Waals surface area (Å²) >= 11 is 0. The topological polar surface area (TPSA) is 24.4 Å². The van der Waals surface area contributed by atoms with Crippen molar-refractivity contribution in [1.29, 1.82) is 0 Å². The van der Waals surface area contributed by atoms with Gasteiger partial charge in [-0.25, -0.2) is 0 Å². The standard InChI is InChI=1S/C42H30N2/c1-2-14-36(15-3-1)44-42(32-21-18-30(19-22-32)34-23-20-29-10-4-5-12-33(29)26-34)43-28-41-38-17-9-7-13-35(38)27-40-37-16-8-6-11-31(37)24-25-39(40)41/h1-28,42,44H/b43-28+.